The minimum absolute atomic E-state index is 0.145. The number of hydrogen-bond donors (Lipinski definition) is 2. The summed E-state index contributed by atoms with van der Waals surface area (Å²) in [7, 11) is 4.64. The van der Waals surface area contributed by atoms with Gasteiger partial charge >= 0.3 is 6.09 Å². The van der Waals surface area contributed by atoms with Crippen LogP contribution in [0, 0.1) is 5.92 Å². The van der Waals surface area contributed by atoms with Gasteiger partial charge in [0.2, 0.25) is 23.0 Å². The Morgan fingerprint density at radius 1 is 0.956 bits per heavy atom. The molecule has 2 aliphatic rings. The third kappa shape index (κ3) is 7.10. The van der Waals surface area contributed by atoms with Crippen LogP contribution in [0.5, 0.6) is 17.2 Å². The van der Waals surface area contributed by atoms with Gasteiger partial charge in [-0.25, -0.2) is 4.79 Å². The summed E-state index contributed by atoms with van der Waals surface area (Å²) in [5.41, 5.74) is 2.93. The lowest BCUT2D eigenvalue weighted by Gasteiger charge is -2.36. The molecule has 12 nitrogen and oxygen atoms in total. The van der Waals surface area contributed by atoms with Gasteiger partial charge in [0.25, 0.3) is 0 Å². The Kier molecular flexibility index (Phi) is 10.8. The van der Waals surface area contributed by atoms with Crippen molar-refractivity contribution in [3.63, 3.8) is 0 Å². The van der Waals surface area contributed by atoms with Crippen molar-refractivity contribution in [2.45, 2.75) is 52.6 Å². The smallest absolute Gasteiger partial charge is 0.409 e. The maximum atomic E-state index is 13.8. The Bertz CT molecular complexity index is 1490. The molecule has 0 bridgehead atoms. The highest BCUT2D eigenvalue weighted by Crippen LogP contribution is 2.50. The highest BCUT2D eigenvalue weighted by molar-refractivity contribution is 5.86. The van der Waals surface area contributed by atoms with E-state index in [4.69, 9.17) is 18.9 Å². The number of fused-ring (bicyclic) bond motifs is 3. The van der Waals surface area contributed by atoms with Crippen LogP contribution in [0.2, 0.25) is 0 Å². The monoisotopic (exact) mass is 624 g/mol. The number of anilines is 1. The third-order valence-electron chi connectivity index (χ3n) is 8.28. The zero-order valence-electron chi connectivity index (χ0n) is 27.2. The lowest BCUT2D eigenvalue weighted by molar-refractivity contribution is -0.134. The summed E-state index contributed by atoms with van der Waals surface area (Å²) in [5.74, 6) is 0.880. The average molecular weight is 625 g/mol. The van der Waals surface area contributed by atoms with Crippen molar-refractivity contribution in [1.82, 2.24) is 15.1 Å². The fourth-order valence-corrected chi connectivity index (χ4v) is 6.03. The molecule has 1 saturated heterocycles. The number of aryl methyl sites for hydroxylation is 1. The number of nitrogens with zero attached hydrogens (tertiary/aromatic N) is 2. The Hall–Kier alpha value is -4.48. The highest BCUT2D eigenvalue weighted by atomic mass is 16.6. The molecule has 2 aromatic rings. The molecule has 0 spiro atoms. The van der Waals surface area contributed by atoms with E-state index >= 15 is 0 Å². The standard InChI is InChI=1S/C33H44N4O8/c1-8-45-33(41)37-15-13-36(14-16-37)32(40)29(19(2)3)35-25-12-10-22-23(18-26(25)39)24(34-20(4)38)11-9-21-17-27(42-5)30(43-6)31(44-7)28(21)22/h10,12,17-19,24,29H,8-9,11,13-16H2,1-7H3,(H,34,38)(H,35,39). The summed E-state index contributed by atoms with van der Waals surface area (Å²) in [6.45, 7) is 8.80. The number of amides is 3. The van der Waals surface area contributed by atoms with Gasteiger partial charge in [0.05, 0.1) is 39.7 Å². The second-order valence-electron chi connectivity index (χ2n) is 11.5. The van der Waals surface area contributed by atoms with Gasteiger partial charge in [-0.1, -0.05) is 19.9 Å². The molecule has 1 fully saturated rings. The first-order valence-corrected chi connectivity index (χ1v) is 15.3. The van der Waals surface area contributed by atoms with Crippen LogP contribution in [0.4, 0.5) is 10.5 Å². The first kappa shape index (κ1) is 33.4. The van der Waals surface area contributed by atoms with Crippen LogP contribution >= 0.6 is 0 Å². The van der Waals surface area contributed by atoms with E-state index in [0.717, 1.165) is 11.1 Å². The zero-order chi connectivity index (χ0) is 32.8. The van der Waals surface area contributed by atoms with Crippen LogP contribution in [0.25, 0.3) is 11.1 Å². The van der Waals surface area contributed by atoms with Crippen molar-refractivity contribution in [2.75, 3.05) is 59.4 Å². The molecule has 244 valence electrons. The Labute approximate surface area is 264 Å². The average Bonchev–Trinajstić information content (AvgIpc) is 3.26. The number of methoxy groups -OCH3 is 3. The van der Waals surface area contributed by atoms with Crippen LogP contribution in [0.15, 0.2) is 29.1 Å². The summed E-state index contributed by atoms with van der Waals surface area (Å²) < 4.78 is 22.2. The minimum atomic E-state index is -0.689. The van der Waals surface area contributed by atoms with Gasteiger partial charge < -0.3 is 39.4 Å². The van der Waals surface area contributed by atoms with Crippen LogP contribution in [-0.2, 0) is 20.7 Å². The molecule has 4 rings (SSSR count). The van der Waals surface area contributed by atoms with Crippen LogP contribution < -0.4 is 30.3 Å². The molecular weight excluding hydrogens is 580 g/mol. The second-order valence-corrected chi connectivity index (χ2v) is 11.5. The molecule has 0 radical (unpaired) electrons. The van der Waals surface area contributed by atoms with E-state index < -0.39 is 12.1 Å². The van der Waals surface area contributed by atoms with Gasteiger partial charge in [0.1, 0.15) is 6.04 Å². The van der Waals surface area contributed by atoms with Crippen molar-refractivity contribution < 1.29 is 33.3 Å². The van der Waals surface area contributed by atoms with Gasteiger partial charge in [-0.15, -0.1) is 0 Å². The number of nitrogens with one attached hydrogen (secondary N) is 2. The first-order chi connectivity index (χ1) is 21.5. The first-order valence-electron chi connectivity index (χ1n) is 15.3. The second kappa shape index (κ2) is 14.5. The van der Waals surface area contributed by atoms with E-state index in [1.165, 1.54) is 20.1 Å². The molecule has 2 aromatic carbocycles. The molecule has 1 aliphatic heterocycles. The number of hydrogen-bond acceptors (Lipinski definition) is 9. The predicted octanol–water partition coefficient (Wildman–Crippen LogP) is 3.60. The van der Waals surface area contributed by atoms with Gasteiger partial charge in [-0.2, -0.15) is 0 Å². The fraction of sp³-hybridized carbons (Fsp3) is 0.515. The van der Waals surface area contributed by atoms with E-state index in [-0.39, 0.29) is 34.9 Å². The molecule has 2 N–H and O–H groups in total. The summed E-state index contributed by atoms with van der Waals surface area (Å²) in [6, 6.07) is 5.80. The Balaban J connectivity index is 1.75. The predicted molar refractivity (Wildman–Crippen MR) is 170 cm³/mol. The molecular formula is C33H44N4O8. The molecule has 3 amide bonds. The fourth-order valence-electron chi connectivity index (χ4n) is 6.03. The summed E-state index contributed by atoms with van der Waals surface area (Å²) in [4.78, 5) is 55.2. The van der Waals surface area contributed by atoms with Crippen LogP contribution in [-0.4, -0.2) is 87.9 Å². The van der Waals surface area contributed by atoms with E-state index in [1.54, 1.807) is 37.0 Å². The number of carbonyl (C=O) groups excluding carboxylic acids is 3. The Morgan fingerprint density at radius 3 is 2.20 bits per heavy atom. The number of ether oxygens (including phenoxy) is 4. The maximum Gasteiger partial charge on any atom is 0.409 e. The minimum Gasteiger partial charge on any atom is -0.493 e. The number of piperazine rings is 1. The molecule has 0 aromatic heterocycles. The zero-order valence-corrected chi connectivity index (χ0v) is 27.2. The molecule has 2 atom stereocenters. The van der Waals surface area contributed by atoms with Gasteiger partial charge in [-0.05, 0) is 60.6 Å². The van der Waals surface area contributed by atoms with Crippen LogP contribution in [0.1, 0.15) is 51.3 Å². The van der Waals surface area contributed by atoms with Crippen molar-refractivity contribution in [1.29, 1.82) is 0 Å². The largest absolute Gasteiger partial charge is 0.493 e. The van der Waals surface area contributed by atoms with Crippen molar-refractivity contribution >= 4 is 23.6 Å². The molecule has 0 saturated carbocycles. The molecule has 1 heterocycles. The lowest BCUT2D eigenvalue weighted by atomic mass is 9.95. The van der Waals surface area contributed by atoms with Crippen molar-refractivity contribution in [3.8, 4) is 28.4 Å². The van der Waals surface area contributed by atoms with E-state index in [9.17, 15) is 19.2 Å². The van der Waals surface area contributed by atoms with Gasteiger partial charge in [-0.3, -0.25) is 14.4 Å². The highest BCUT2D eigenvalue weighted by Gasteiger charge is 2.33. The quantitative estimate of drug-likeness (QED) is 0.429. The van der Waals surface area contributed by atoms with E-state index in [0.29, 0.717) is 74.0 Å². The van der Waals surface area contributed by atoms with Crippen molar-refractivity contribution in [3.05, 3.63) is 45.6 Å². The normalized spacial score (nSPS) is 16.5. The molecule has 2 unspecified atom stereocenters. The van der Waals surface area contributed by atoms with Gasteiger partial charge in [0, 0.05) is 38.7 Å². The van der Waals surface area contributed by atoms with Gasteiger partial charge in [0.15, 0.2) is 11.5 Å². The summed E-state index contributed by atoms with van der Waals surface area (Å²) in [5, 5.41) is 6.24. The lowest BCUT2D eigenvalue weighted by Crippen LogP contribution is -2.55. The number of carbonyl (C=O) groups is 3. The summed E-state index contributed by atoms with van der Waals surface area (Å²) in [6.07, 6.45) is 0.736. The third-order valence-corrected chi connectivity index (χ3v) is 8.28. The van der Waals surface area contributed by atoms with Crippen LogP contribution in [0.3, 0.4) is 0 Å². The molecule has 45 heavy (non-hydrogen) atoms. The van der Waals surface area contributed by atoms with Crippen molar-refractivity contribution in [2.24, 2.45) is 5.92 Å². The molecule has 12 heteroatoms. The number of rotatable bonds is 9. The van der Waals surface area contributed by atoms with E-state index in [1.807, 2.05) is 26.0 Å². The number of benzene rings is 1. The topological polar surface area (TPSA) is 136 Å². The Morgan fingerprint density at radius 2 is 1.62 bits per heavy atom. The molecule has 1 aliphatic carbocycles. The maximum absolute atomic E-state index is 13.8. The summed E-state index contributed by atoms with van der Waals surface area (Å²) >= 11 is 0. The van der Waals surface area contributed by atoms with E-state index in [2.05, 4.69) is 10.6 Å². The SMILES string of the molecule is CCOC(=O)N1CCN(C(=O)C(Nc2ccc3c(cc2=O)C(NC(C)=O)CCc2cc(OC)c(OC)c(OC)c2-3)C(C)C)CC1.